The molecule has 46 heavy (non-hydrogen) atoms. The lowest BCUT2D eigenvalue weighted by atomic mass is 9.84. The van der Waals surface area contributed by atoms with Crippen molar-refractivity contribution in [2.45, 2.75) is 142 Å². The molecule has 1 aromatic rings. The molecule has 0 spiro atoms. The Morgan fingerprint density at radius 1 is 0.543 bits per heavy atom. The molecule has 0 atom stereocenters. The maximum absolute atomic E-state index is 13.5. The van der Waals surface area contributed by atoms with Crippen LogP contribution in [0.4, 0.5) is 0 Å². The number of benzene rings is 1. The fourth-order valence-corrected chi connectivity index (χ4v) is 7.17. The van der Waals surface area contributed by atoms with E-state index in [4.69, 9.17) is 31.8 Å². The molecule has 0 heterocycles. The average molecular weight is 635 g/mol. The second kappa shape index (κ2) is 18.9. The predicted molar refractivity (Wildman–Crippen MR) is 184 cm³/mol. The highest BCUT2D eigenvalue weighted by Gasteiger charge is 2.52. The summed E-state index contributed by atoms with van der Waals surface area (Å²) >= 11 is 0. The second-order valence-corrected chi connectivity index (χ2v) is 13.4. The third kappa shape index (κ3) is 9.02. The Balaban J connectivity index is 1.64. The zero-order valence-corrected chi connectivity index (χ0v) is 29.2. The number of unbranched alkanes of at least 4 members (excludes halogenated alkanes) is 14. The molecule has 0 saturated heterocycles. The summed E-state index contributed by atoms with van der Waals surface area (Å²) in [6.45, 7) is 5.18. The smallest absolute Gasteiger partial charge is 0.324 e. The third-order valence-electron chi connectivity index (χ3n) is 9.94. The summed E-state index contributed by atoms with van der Waals surface area (Å²) in [4.78, 5) is 26.9. The van der Waals surface area contributed by atoms with Crippen molar-refractivity contribution >= 4 is 11.9 Å². The van der Waals surface area contributed by atoms with Gasteiger partial charge >= 0.3 is 11.9 Å². The maximum atomic E-state index is 13.5. The minimum Gasteiger partial charge on any atom is -0.496 e. The largest absolute Gasteiger partial charge is 0.496 e. The van der Waals surface area contributed by atoms with Gasteiger partial charge in [0.05, 0.1) is 27.4 Å². The minimum absolute atomic E-state index is 0.286. The van der Waals surface area contributed by atoms with E-state index >= 15 is 0 Å². The highest BCUT2D eigenvalue weighted by atomic mass is 16.5. The number of fused-ring (bicyclic) bond motifs is 2. The molecule has 0 aromatic heterocycles. The fourth-order valence-electron chi connectivity index (χ4n) is 7.17. The van der Waals surface area contributed by atoms with Gasteiger partial charge in [-0.2, -0.15) is 0 Å². The van der Waals surface area contributed by atoms with Crippen LogP contribution in [0.15, 0.2) is 0 Å². The first-order valence-electron chi connectivity index (χ1n) is 17.9. The molecule has 0 aliphatic heterocycles. The molecule has 6 heteroatoms. The summed E-state index contributed by atoms with van der Waals surface area (Å²) in [6.07, 6.45) is 31.9. The number of carbonyl (C=O) groups is 2. The summed E-state index contributed by atoms with van der Waals surface area (Å²) < 4.78 is 23.4. The van der Waals surface area contributed by atoms with Gasteiger partial charge in [-0.05, 0) is 12.8 Å². The third-order valence-corrected chi connectivity index (χ3v) is 9.94. The van der Waals surface area contributed by atoms with Crippen molar-refractivity contribution in [3.8, 4) is 36.2 Å². The van der Waals surface area contributed by atoms with E-state index in [0.717, 1.165) is 60.8 Å². The Bertz CT molecular complexity index is 1100. The van der Waals surface area contributed by atoms with Gasteiger partial charge in [-0.3, -0.25) is 9.59 Å². The lowest BCUT2D eigenvalue weighted by molar-refractivity contribution is -0.152. The number of ether oxygens (including phenoxy) is 4. The van der Waals surface area contributed by atoms with E-state index in [1.807, 2.05) is 0 Å². The Labute approximate surface area is 279 Å². The van der Waals surface area contributed by atoms with Crippen LogP contribution in [0.2, 0.25) is 0 Å². The van der Waals surface area contributed by atoms with Crippen molar-refractivity contribution in [3.05, 3.63) is 22.3 Å². The Morgan fingerprint density at radius 3 is 1.09 bits per heavy atom. The number of terminal acetylenes is 2. The van der Waals surface area contributed by atoms with Gasteiger partial charge in [0.15, 0.2) is 0 Å². The molecule has 0 saturated carbocycles. The summed E-state index contributed by atoms with van der Waals surface area (Å²) in [6, 6.07) is 0. The molecule has 254 valence electrons. The molecule has 2 aliphatic rings. The summed E-state index contributed by atoms with van der Waals surface area (Å²) in [5.41, 5.74) is 1.08. The van der Waals surface area contributed by atoms with E-state index in [2.05, 4.69) is 25.7 Å². The zero-order chi connectivity index (χ0) is 33.4. The van der Waals surface area contributed by atoms with Crippen molar-refractivity contribution < 1.29 is 28.5 Å². The lowest BCUT2D eigenvalue weighted by Crippen LogP contribution is -2.33. The van der Waals surface area contributed by atoms with Gasteiger partial charge in [-0.1, -0.05) is 116 Å². The van der Waals surface area contributed by atoms with Crippen LogP contribution in [0.3, 0.4) is 0 Å². The monoisotopic (exact) mass is 634 g/mol. The average Bonchev–Trinajstić information content (AvgIpc) is 3.66. The molecule has 0 radical (unpaired) electrons. The number of carbonyl (C=O) groups excluding carboxylic acids is 2. The molecular formula is C40H58O6. The van der Waals surface area contributed by atoms with E-state index in [-0.39, 0.29) is 37.6 Å². The van der Waals surface area contributed by atoms with Gasteiger partial charge in [-0.25, -0.2) is 0 Å². The highest BCUT2D eigenvalue weighted by Crippen LogP contribution is 2.54. The van der Waals surface area contributed by atoms with Crippen molar-refractivity contribution in [3.63, 3.8) is 0 Å². The number of esters is 2. The maximum Gasteiger partial charge on any atom is 0.324 e. The van der Waals surface area contributed by atoms with Crippen molar-refractivity contribution in [2.75, 3.05) is 27.4 Å². The van der Waals surface area contributed by atoms with Crippen LogP contribution >= 0.6 is 0 Å². The van der Waals surface area contributed by atoms with Crippen LogP contribution < -0.4 is 9.47 Å². The normalized spacial score (nSPS) is 15.3. The van der Waals surface area contributed by atoms with Gasteiger partial charge in [0.1, 0.15) is 22.3 Å². The number of hydrogen-bond acceptors (Lipinski definition) is 6. The van der Waals surface area contributed by atoms with E-state index in [0.29, 0.717) is 24.7 Å². The quantitative estimate of drug-likeness (QED) is 0.0724. The molecule has 0 bridgehead atoms. The first-order chi connectivity index (χ1) is 22.4. The molecule has 6 nitrogen and oxygen atoms in total. The molecule has 0 fully saturated rings. The predicted octanol–water partition coefficient (Wildman–Crippen LogP) is 8.51. The minimum atomic E-state index is -1.13. The van der Waals surface area contributed by atoms with Gasteiger partial charge in [0.25, 0.3) is 0 Å². The molecule has 0 amide bonds. The number of methoxy groups -OCH3 is 2. The van der Waals surface area contributed by atoms with Crippen LogP contribution in [-0.2, 0) is 44.7 Å². The summed E-state index contributed by atoms with van der Waals surface area (Å²) in [5.74, 6) is 6.09. The first kappa shape index (κ1) is 37.3. The lowest BCUT2D eigenvalue weighted by Gasteiger charge is -2.21. The van der Waals surface area contributed by atoms with E-state index in [1.54, 1.807) is 14.2 Å². The zero-order valence-electron chi connectivity index (χ0n) is 29.2. The van der Waals surface area contributed by atoms with E-state index < -0.39 is 10.8 Å². The Morgan fingerprint density at radius 2 is 0.826 bits per heavy atom. The number of hydrogen-bond donors (Lipinski definition) is 0. The van der Waals surface area contributed by atoms with Crippen LogP contribution in [0.5, 0.6) is 11.5 Å². The van der Waals surface area contributed by atoms with Crippen LogP contribution in [0, 0.1) is 35.5 Å². The molecule has 0 unspecified atom stereocenters. The molecule has 0 N–H and O–H groups in total. The van der Waals surface area contributed by atoms with Gasteiger partial charge in [0, 0.05) is 47.9 Å². The van der Waals surface area contributed by atoms with Crippen LogP contribution in [0.25, 0.3) is 0 Å². The highest BCUT2D eigenvalue weighted by molar-refractivity contribution is 5.86. The molecule has 1 aromatic carbocycles. The molecule has 2 aliphatic carbocycles. The van der Waals surface area contributed by atoms with E-state index in [9.17, 15) is 9.59 Å². The molecular weight excluding hydrogens is 576 g/mol. The van der Waals surface area contributed by atoms with E-state index in [1.165, 1.54) is 64.2 Å². The first-order valence-corrected chi connectivity index (χ1v) is 17.9. The molecule has 3 rings (SSSR count). The van der Waals surface area contributed by atoms with Gasteiger partial charge in [-0.15, -0.1) is 12.8 Å². The second-order valence-electron chi connectivity index (χ2n) is 13.4. The number of rotatable bonds is 22. The van der Waals surface area contributed by atoms with Gasteiger partial charge < -0.3 is 18.9 Å². The Hall–Kier alpha value is -3.12. The standard InChI is InChI=1S/C40H58O6/c1-7-11-13-15-17-19-21-23-25-45-37(41)39(9-3)27-31-32(28-39)36(44-6)34-30-40(10-4,29-33(34)35(31)43-5)38(42)46-26-24-22-20-18-16-14-12-8-2/h3-4H,7-8,11-30H2,1-2,5-6H3. The summed E-state index contributed by atoms with van der Waals surface area (Å²) in [7, 11) is 3.21. The van der Waals surface area contributed by atoms with Crippen molar-refractivity contribution in [1.82, 2.24) is 0 Å². The summed E-state index contributed by atoms with van der Waals surface area (Å²) in [5, 5.41) is 0. The Kier molecular flexibility index (Phi) is 15.3. The fraction of sp³-hybridized carbons (Fsp3) is 0.700. The topological polar surface area (TPSA) is 71.1 Å². The van der Waals surface area contributed by atoms with Crippen LogP contribution in [-0.4, -0.2) is 39.4 Å². The SMILES string of the molecule is C#CC1(C(=O)OCCCCCCCCCC)Cc2c(c(OC)c3c(c2OC)CC(C#C)(C(=O)OCCCCCCCCCC)C3)C1. The van der Waals surface area contributed by atoms with Gasteiger partial charge in [0.2, 0.25) is 0 Å². The van der Waals surface area contributed by atoms with Crippen LogP contribution in [0.1, 0.15) is 139 Å². The van der Waals surface area contributed by atoms with Crippen molar-refractivity contribution in [2.24, 2.45) is 10.8 Å². The van der Waals surface area contributed by atoms with Crippen molar-refractivity contribution in [1.29, 1.82) is 0 Å².